The standard InChI is InChI=1S/C22H24N4O2/c1-14-13-17(10-11-19(14)25-21(27)16-7-4-3-5-8-16)26-15(2)24-20-18(22(26)28)9-6-12-23-20/h6,9-13,16H,3-5,7-8H2,1-2H3,(H,25,27). The Balaban J connectivity index is 1.66. The zero-order valence-electron chi connectivity index (χ0n) is 16.2. The number of amides is 1. The quantitative estimate of drug-likeness (QED) is 0.752. The smallest absolute Gasteiger partial charge is 0.267 e. The largest absolute Gasteiger partial charge is 0.326 e. The minimum atomic E-state index is -0.144. The minimum Gasteiger partial charge on any atom is -0.326 e. The maximum absolute atomic E-state index is 12.9. The number of hydrogen-bond acceptors (Lipinski definition) is 4. The van der Waals surface area contributed by atoms with E-state index in [1.165, 1.54) is 6.42 Å². The van der Waals surface area contributed by atoms with Gasteiger partial charge in [-0.05, 0) is 62.6 Å². The summed E-state index contributed by atoms with van der Waals surface area (Å²) in [6, 6.07) is 9.10. The van der Waals surface area contributed by atoms with E-state index in [-0.39, 0.29) is 17.4 Å². The van der Waals surface area contributed by atoms with Crippen molar-refractivity contribution < 1.29 is 4.79 Å². The number of carbonyl (C=O) groups is 1. The van der Waals surface area contributed by atoms with E-state index in [4.69, 9.17) is 0 Å². The van der Waals surface area contributed by atoms with Crippen molar-refractivity contribution in [3.63, 3.8) is 0 Å². The first-order chi connectivity index (χ1) is 13.5. The Labute approximate surface area is 163 Å². The van der Waals surface area contributed by atoms with Crippen LogP contribution in [0.1, 0.15) is 43.5 Å². The van der Waals surface area contributed by atoms with Crippen molar-refractivity contribution in [1.82, 2.24) is 14.5 Å². The SMILES string of the molecule is Cc1cc(-n2c(C)nc3ncccc3c2=O)ccc1NC(=O)C1CCCCC1. The molecular weight excluding hydrogens is 352 g/mol. The lowest BCUT2D eigenvalue weighted by molar-refractivity contribution is -0.120. The van der Waals surface area contributed by atoms with Crippen molar-refractivity contribution in [2.45, 2.75) is 46.0 Å². The van der Waals surface area contributed by atoms with E-state index in [9.17, 15) is 9.59 Å². The maximum atomic E-state index is 12.9. The highest BCUT2D eigenvalue weighted by atomic mass is 16.2. The van der Waals surface area contributed by atoms with Gasteiger partial charge in [0.25, 0.3) is 5.56 Å². The Morgan fingerprint density at radius 2 is 1.93 bits per heavy atom. The fourth-order valence-corrected chi connectivity index (χ4v) is 3.95. The first-order valence-electron chi connectivity index (χ1n) is 9.81. The number of aryl methyl sites for hydroxylation is 2. The summed E-state index contributed by atoms with van der Waals surface area (Å²) in [6.07, 6.45) is 7.04. The third kappa shape index (κ3) is 3.42. The normalized spacial score (nSPS) is 14.9. The molecule has 1 aliphatic rings. The zero-order valence-corrected chi connectivity index (χ0v) is 16.2. The van der Waals surface area contributed by atoms with E-state index >= 15 is 0 Å². The second-order valence-electron chi connectivity index (χ2n) is 7.50. The molecule has 2 heterocycles. The predicted octanol–water partition coefficient (Wildman–Crippen LogP) is 3.92. The predicted molar refractivity (Wildman–Crippen MR) is 110 cm³/mol. The van der Waals surface area contributed by atoms with Crippen molar-refractivity contribution in [2.24, 2.45) is 5.92 Å². The number of nitrogens with zero attached hydrogens (tertiary/aromatic N) is 3. The summed E-state index contributed by atoms with van der Waals surface area (Å²) in [6.45, 7) is 3.74. The lowest BCUT2D eigenvalue weighted by Gasteiger charge is -2.21. The highest BCUT2D eigenvalue weighted by molar-refractivity contribution is 5.93. The molecule has 0 spiro atoms. The van der Waals surface area contributed by atoms with Gasteiger partial charge < -0.3 is 5.32 Å². The van der Waals surface area contributed by atoms with Crippen LogP contribution in [0.25, 0.3) is 16.7 Å². The number of aromatic nitrogens is 3. The molecule has 3 aromatic rings. The van der Waals surface area contributed by atoms with Gasteiger partial charge in [0, 0.05) is 17.8 Å². The number of benzene rings is 1. The minimum absolute atomic E-state index is 0.0994. The van der Waals surface area contributed by atoms with Crippen molar-refractivity contribution in [3.8, 4) is 5.69 Å². The Morgan fingerprint density at radius 1 is 1.14 bits per heavy atom. The van der Waals surface area contributed by atoms with E-state index in [1.54, 1.807) is 29.8 Å². The number of nitrogens with one attached hydrogen (secondary N) is 1. The molecule has 0 saturated heterocycles. The summed E-state index contributed by atoms with van der Waals surface area (Å²) in [5.41, 5.74) is 2.75. The summed E-state index contributed by atoms with van der Waals surface area (Å²) in [5, 5.41) is 3.55. The van der Waals surface area contributed by atoms with Crippen LogP contribution in [0, 0.1) is 19.8 Å². The number of anilines is 1. The van der Waals surface area contributed by atoms with Crippen LogP contribution in [0.5, 0.6) is 0 Å². The van der Waals surface area contributed by atoms with Gasteiger partial charge in [-0.2, -0.15) is 0 Å². The molecule has 28 heavy (non-hydrogen) atoms. The number of hydrogen-bond donors (Lipinski definition) is 1. The molecule has 6 nitrogen and oxygen atoms in total. The number of pyridine rings is 1. The van der Waals surface area contributed by atoms with Gasteiger partial charge in [0.1, 0.15) is 5.82 Å². The molecule has 0 bridgehead atoms. The number of fused-ring (bicyclic) bond motifs is 1. The van der Waals surface area contributed by atoms with Gasteiger partial charge in [-0.25, -0.2) is 9.97 Å². The highest BCUT2D eigenvalue weighted by Gasteiger charge is 2.21. The van der Waals surface area contributed by atoms with Crippen LogP contribution >= 0.6 is 0 Å². The molecule has 1 N–H and O–H groups in total. The van der Waals surface area contributed by atoms with Crippen LogP contribution in [0.2, 0.25) is 0 Å². The van der Waals surface area contributed by atoms with E-state index < -0.39 is 0 Å². The highest BCUT2D eigenvalue weighted by Crippen LogP contribution is 2.26. The molecule has 0 atom stereocenters. The van der Waals surface area contributed by atoms with Crippen molar-refractivity contribution in [1.29, 1.82) is 0 Å². The van der Waals surface area contributed by atoms with Gasteiger partial charge in [-0.3, -0.25) is 14.2 Å². The maximum Gasteiger partial charge on any atom is 0.267 e. The second-order valence-corrected chi connectivity index (χ2v) is 7.50. The fraction of sp³-hybridized carbons (Fsp3) is 0.364. The molecule has 0 radical (unpaired) electrons. The molecule has 2 aromatic heterocycles. The third-order valence-electron chi connectivity index (χ3n) is 5.51. The first-order valence-corrected chi connectivity index (χ1v) is 9.81. The Bertz CT molecular complexity index is 1100. The number of carbonyl (C=O) groups excluding carboxylic acids is 1. The van der Waals surface area contributed by atoms with E-state index in [0.29, 0.717) is 16.9 Å². The van der Waals surface area contributed by atoms with Crippen molar-refractivity contribution >= 4 is 22.6 Å². The molecule has 4 rings (SSSR count). The molecule has 1 aliphatic carbocycles. The van der Waals surface area contributed by atoms with Gasteiger partial charge in [0.2, 0.25) is 5.91 Å². The summed E-state index contributed by atoms with van der Waals surface area (Å²) < 4.78 is 1.59. The van der Waals surface area contributed by atoms with E-state index in [1.807, 2.05) is 25.1 Å². The summed E-state index contributed by atoms with van der Waals surface area (Å²) >= 11 is 0. The molecule has 1 saturated carbocycles. The van der Waals surface area contributed by atoms with E-state index in [2.05, 4.69) is 15.3 Å². The average Bonchev–Trinajstić information content (AvgIpc) is 2.70. The number of rotatable bonds is 3. The first kappa shape index (κ1) is 18.3. The van der Waals surface area contributed by atoms with Crippen molar-refractivity contribution in [3.05, 3.63) is 58.3 Å². The monoisotopic (exact) mass is 376 g/mol. The average molecular weight is 376 g/mol. The van der Waals surface area contributed by atoms with Crippen LogP contribution in [0.4, 0.5) is 5.69 Å². The molecule has 1 aromatic carbocycles. The summed E-state index contributed by atoms with van der Waals surface area (Å²) in [5.74, 6) is 0.784. The molecule has 6 heteroatoms. The Hall–Kier alpha value is -3.02. The van der Waals surface area contributed by atoms with Gasteiger partial charge in [0.05, 0.1) is 11.1 Å². The van der Waals surface area contributed by atoms with Gasteiger partial charge >= 0.3 is 0 Å². The molecule has 0 unspecified atom stereocenters. The van der Waals surface area contributed by atoms with Crippen LogP contribution in [0.15, 0.2) is 41.3 Å². The Kier molecular flexibility index (Phi) is 4.94. The third-order valence-corrected chi connectivity index (χ3v) is 5.51. The Morgan fingerprint density at radius 3 is 2.68 bits per heavy atom. The fourth-order valence-electron chi connectivity index (χ4n) is 3.95. The second kappa shape index (κ2) is 7.54. The van der Waals surface area contributed by atoms with Crippen LogP contribution in [0.3, 0.4) is 0 Å². The summed E-state index contributed by atoms with van der Waals surface area (Å²) in [4.78, 5) is 34.1. The lowest BCUT2D eigenvalue weighted by atomic mass is 9.88. The molecule has 144 valence electrons. The van der Waals surface area contributed by atoms with E-state index in [0.717, 1.165) is 42.6 Å². The van der Waals surface area contributed by atoms with Crippen molar-refractivity contribution in [2.75, 3.05) is 5.32 Å². The van der Waals surface area contributed by atoms with Crippen LogP contribution in [-0.2, 0) is 4.79 Å². The zero-order chi connectivity index (χ0) is 19.7. The van der Waals surface area contributed by atoms with Gasteiger partial charge in [0.15, 0.2) is 5.65 Å². The summed E-state index contributed by atoms with van der Waals surface area (Å²) in [7, 11) is 0. The van der Waals surface area contributed by atoms with Crippen LogP contribution < -0.4 is 10.9 Å². The molecule has 0 aliphatic heterocycles. The molecule has 1 amide bonds. The van der Waals surface area contributed by atoms with Crippen LogP contribution in [-0.4, -0.2) is 20.4 Å². The topological polar surface area (TPSA) is 76.9 Å². The van der Waals surface area contributed by atoms with Gasteiger partial charge in [-0.1, -0.05) is 19.3 Å². The lowest BCUT2D eigenvalue weighted by Crippen LogP contribution is -2.25. The molecular formula is C22H24N4O2. The van der Waals surface area contributed by atoms with Gasteiger partial charge in [-0.15, -0.1) is 0 Å². The molecule has 1 fully saturated rings.